The topological polar surface area (TPSA) is 38.5 Å². The number of anilines is 1. The van der Waals surface area contributed by atoms with E-state index in [0.29, 0.717) is 6.04 Å². The Morgan fingerprint density at radius 1 is 1.38 bits per heavy atom. The van der Waals surface area contributed by atoms with Gasteiger partial charge < -0.3 is 10.5 Å². The number of benzene rings is 1. The summed E-state index contributed by atoms with van der Waals surface area (Å²) in [5.41, 5.74) is 7.84. The number of hydrogen-bond donors (Lipinski definition) is 1. The highest BCUT2D eigenvalue weighted by Crippen LogP contribution is 2.15. The number of hydrogen-bond acceptors (Lipinski definition) is 3. The van der Waals surface area contributed by atoms with Crippen molar-refractivity contribution in [3.05, 3.63) is 29.8 Å². The third kappa shape index (κ3) is 2.74. The summed E-state index contributed by atoms with van der Waals surface area (Å²) in [5.74, 6) is 0. The molecule has 0 amide bonds. The van der Waals surface area contributed by atoms with Crippen LogP contribution in [0.5, 0.6) is 0 Å². The van der Waals surface area contributed by atoms with Gasteiger partial charge in [-0.1, -0.05) is 19.1 Å². The van der Waals surface area contributed by atoms with Crippen molar-refractivity contribution in [2.45, 2.75) is 25.9 Å². The third-order valence-electron chi connectivity index (χ3n) is 3.19. The first kappa shape index (κ1) is 11.4. The lowest BCUT2D eigenvalue weighted by Gasteiger charge is -2.35. The SMILES string of the molecule is CCC1COCCN1Cc1ccc(N)cc1. The molecule has 1 saturated heterocycles. The van der Waals surface area contributed by atoms with Crippen molar-refractivity contribution in [3.8, 4) is 0 Å². The molecule has 3 nitrogen and oxygen atoms in total. The molecular weight excluding hydrogens is 200 g/mol. The van der Waals surface area contributed by atoms with Gasteiger partial charge in [0.25, 0.3) is 0 Å². The smallest absolute Gasteiger partial charge is 0.0622 e. The predicted octanol–water partition coefficient (Wildman–Crippen LogP) is 1.88. The van der Waals surface area contributed by atoms with Gasteiger partial charge >= 0.3 is 0 Å². The van der Waals surface area contributed by atoms with E-state index in [2.05, 4.69) is 24.0 Å². The first-order valence-electron chi connectivity index (χ1n) is 5.96. The van der Waals surface area contributed by atoms with Crippen molar-refractivity contribution in [3.63, 3.8) is 0 Å². The first-order valence-corrected chi connectivity index (χ1v) is 5.96. The molecule has 16 heavy (non-hydrogen) atoms. The second kappa shape index (κ2) is 5.32. The molecule has 88 valence electrons. The van der Waals surface area contributed by atoms with E-state index in [0.717, 1.165) is 38.4 Å². The van der Waals surface area contributed by atoms with Gasteiger partial charge in [0.05, 0.1) is 13.2 Å². The lowest BCUT2D eigenvalue weighted by atomic mass is 10.1. The molecule has 0 bridgehead atoms. The van der Waals surface area contributed by atoms with Crippen LogP contribution in [-0.2, 0) is 11.3 Å². The maximum Gasteiger partial charge on any atom is 0.0622 e. The Morgan fingerprint density at radius 3 is 2.81 bits per heavy atom. The fourth-order valence-electron chi connectivity index (χ4n) is 2.13. The summed E-state index contributed by atoms with van der Waals surface area (Å²) >= 11 is 0. The van der Waals surface area contributed by atoms with E-state index in [4.69, 9.17) is 10.5 Å². The average molecular weight is 220 g/mol. The highest BCUT2D eigenvalue weighted by molar-refractivity contribution is 5.39. The van der Waals surface area contributed by atoms with Crippen molar-refractivity contribution in [2.75, 3.05) is 25.5 Å². The summed E-state index contributed by atoms with van der Waals surface area (Å²) in [5, 5.41) is 0. The van der Waals surface area contributed by atoms with Crippen LogP contribution in [-0.4, -0.2) is 30.7 Å². The quantitative estimate of drug-likeness (QED) is 0.790. The monoisotopic (exact) mass is 220 g/mol. The van der Waals surface area contributed by atoms with Gasteiger partial charge in [-0.05, 0) is 24.1 Å². The molecule has 0 saturated carbocycles. The van der Waals surface area contributed by atoms with Crippen LogP contribution in [0.25, 0.3) is 0 Å². The fourth-order valence-corrected chi connectivity index (χ4v) is 2.13. The molecule has 0 aliphatic carbocycles. The lowest BCUT2D eigenvalue weighted by molar-refractivity contribution is -0.0127. The van der Waals surface area contributed by atoms with Gasteiger partial charge in [-0.15, -0.1) is 0 Å². The minimum absolute atomic E-state index is 0.561. The highest BCUT2D eigenvalue weighted by atomic mass is 16.5. The number of ether oxygens (including phenoxy) is 1. The zero-order valence-electron chi connectivity index (χ0n) is 9.86. The number of nitrogens with two attached hydrogens (primary N) is 1. The largest absolute Gasteiger partial charge is 0.399 e. The standard InChI is InChI=1S/C13H20N2O/c1-2-13-10-16-8-7-15(13)9-11-3-5-12(14)6-4-11/h3-6,13H,2,7-10,14H2,1H3. The third-order valence-corrected chi connectivity index (χ3v) is 3.19. The molecule has 0 radical (unpaired) electrons. The van der Waals surface area contributed by atoms with Crippen LogP contribution in [0.4, 0.5) is 5.69 Å². The van der Waals surface area contributed by atoms with Crippen LogP contribution in [0.15, 0.2) is 24.3 Å². The van der Waals surface area contributed by atoms with Gasteiger partial charge in [-0.2, -0.15) is 0 Å². The van der Waals surface area contributed by atoms with Crippen molar-refractivity contribution < 1.29 is 4.74 Å². The van der Waals surface area contributed by atoms with Crippen molar-refractivity contribution in [2.24, 2.45) is 0 Å². The Kier molecular flexibility index (Phi) is 3.80. The second-order valence-corrected chi connectivity index (χ2v) is 4.35. The van der Waals surface area contributed by atoms with E-state index >= 15 is 0 Å². The maximum atomic E-state index is 5.68. The average Bonchev–Trinajstić information content (AvgIpc) is 2.33. The molecule has 1 aliphatic heterocycles. The van der Waals surface area contributed by atoms with E-state index in [1.54, 1.807) is 0 Å². The van der Waals surface area contributed by atoms with E-state index in [1.165, 1.54) is 5.56 Å². The first-order chi connectivity index (χ1) is 7.79. The summed E-state index contributed by atoms with van der Waals surface area (Å²) in [4.78, 5) is 2.50. The Hall–Kier alpha value is -1.06. The molecule has 1 heterocycles. The van der Waals surface area contributed by atoms with Gasteiger partial charge in [-0.25, -0.2) is 0 Å². The molecule has 1 aliphatic rings. The lowest BCUT2D eigenvalue weighted by Crippen LogP contribution is -2.44. The van der Waals surface area contributed by atoms with Crippen LogP contribution in [0.2, 0.25) is 0 Å². The molecule has 1 aromatic rings. The summed E-state index contributed by atoms with van der Waals surface area (Å²) in [6.07, 6.45) is 1.15. The number of rotatable bonds is 3. The van der Waals surface area contributed by atoms with Crippen molar-refractivity contribution in [1.29, 1.82) is 0 Å². The van der Waals surface area contributed by atoms with Gasteiger partial charge in [0.2, 0.25) is 0 Å². The molecule has 2 rings (SSSR count). The highest BCUT2D eigenvalue weighted by Gasteiger charge is 2.20. The molecule has 1 atom stereocenters. The molecule has 1 fully saturated rings. The van der Waals surface area contributed by atoms with Crippen LogP contribution >= 0.6 is 0 Å². The molecular formula is C13H20N2O. The maximum absolute atomic E-state index is 5.68. The molecule has 0 spiro atoms. The number of nitrogen functional groups attached to an aromatic ring is 1. The van der Waals surface area contributed by atoms with Gasteiger partial charge in [0.15, 0.2) is 0 Å². The van der Waals surface area contributed by atoms with E-state index in [1.807, 2.05) is 12.1 Å². The van der Waals surface area contributed by atoms with Crippen LogP contribution in [0.1, 0.15) is 18.9 Å². The van der Waals surface area contributed by atoms with Gasteiger partial charge in [0, 0.05) is 24.8 Å². The summed E-state index contributed by atoms with van der Waals surface area (Å²) < 4.78 is 5.50. The summed E-state index contributed by atoms with van der Waals surface area (Å²) in [6.45, 7) is 5.97. The molecule has 2 N–H and O–H groups in total. The van der Waals surface area contributed by atoms with Crippen LogP contribution in [0.3, 0.4) is 0 Å². The van der Waals surface area contributed by atoms with Gasteiger partial charge in [-0.3, -0.25) is 4.90 Å². The molecule has 0 aromatic heterocycles. The second-order valence-electron chi connectivity index (χ2n) is 4.35. The van der Waals surface area contributed by atoms with E-state index in [-0.39, 0.29) is 0 Å². The van der Waals surface area contributed by atoms with E-state index in [9.17, 15) is 0 Å². The van der Waals surface area contributed by atoms with Gasteiger partial charge in [0.1, 0.15) is 0 Å². The number of morpholine rings is 1. The normalized spacial score (nSPS) is 22.2. The fraction of sp³-hybridized carbons (Fsp3) is 0.538. The minimum Gasteiger partial charge on any atom is -0.399 e. The minimum atomic E-state index is 0.561. The Bertz CT molecular complexity index is 323. The zero-order chi connectivity index (χ0) is 11.4. The molecule has 1 aromatic carbocycles. The zero-order valence-corrected chi connectivity index (χ0v) is 9.86. The Labute approximate surface area is 97.2 Å². The number of nitrogens with zero attached hydrogens (tertiary/aromatic N) is 1. The van der Waals surface area contributed by atoms with Crippen LogP contribution in [0, 0.1) is 0 Å². The Balaban J connectivity index is 1.99. The van der Waals surface area contributed by atoms with E-state index < -0.39 is 0 Å². The van der Waals surface area contributed by atoms with Crippen molar-refractivity contribution in [1.82, 2.24) is 4.90 Å². The summed E-state index contributed by atoms with van der Waals surface area (Å²) in [7, 11) is 0. The molecule has 3 heteroatoms. The predicted molar refractivity (Wildman–Crippen MR) is 66.2 cm³/mol. The summed E-state index contributed by atoms with van der Waals surface area (Å²) in [6, 6.07) is 8.72. The van der Waals surface area contributed by atoms with Crippen LogP contribution < -0.4 is 5.73 Å². The molecule has 1 unspecified atom stereocenters. The Morgan fingerprint density at radius 2 is 2.12 bits per heavy atom. The van der Waals surface area contributed by atoms with Crippen molar-refractivity contribution >= 4 is 5.69 Å².